The Balaban J connectivity index is 1.64. The smallest absolute Gasteiger partial charge is 0.267 e. The molecule has 0 unspecified atom stereocenters. The Labute approximate surface area is 191 Å². The maximum absolute atomic E-state index is 13.5. The number of hydrogen-bond acceptors (Lipinski definition) is 5. The first kappa shape index (κ1) is 20.8. The minimum absolute atomic E-state index is 0.172. The van der Waals surface area contributed by atoms with Crippen LogP contribution in [-0.2, 0) is 6.42 Å². The summed E-state index contributed by atoms with van der Waals surface area (Å²) in [6, 6.07) is 9.65. The van der Waals surface area contributed by atoms with Gasteiger partial charge in [-0.25, -0.2) is 19.9 Å². The Bertz CT molecular complexity index is 1520. The lowest BCUT2D eigenvalue weighted by atomic mass is 10.1. The summed E-state index contributed by atoms with van der Waals surface area (Å²) in [5, 5.41) is 0.528. The normalized spacial score (nSPS) is 11.5. The fourth-order valence-electron chi connectivity index (χ4n) is 3.99. The van der Waals surface area contributed by atoms with Gasteiger partial charge in [0.1, 0.15) is 17.8 Å². The highest BCUT2D eigenvalue weighted by Crippen LogP contribution is 2.22. The highest BCUT2D eigenvalue weighted by atomic mass is 16.1. The van der Waals surface area contributed by atoms with Crippen LogP contribution in [0.5, 0.6) is 0 Å². The molecule has 0 aliphatic carbocycles. The van der Waals surface area contributed by atoms with Gasteiger partial charge in [0.05, 0.1) is 28.6 Å². The largest absolute Gasteiger partial charge is 0.327 e. The minimum Gasteiger partial charge on any atom is -0.327 e. The van der Waals surface area contributed by atoms with Gasteiger partial charge < -0.3 is 9.13 Å². The maximum atomic E-state index is 13.5. The summed E-state index contributed by atoms with van der Waals surface area (Å²) >= 11 is 0. The zero-order valence-corrected chi connectivity index (χ0v) is 19.1. The predicted octanol–water partition coefficient (Wildman–Crippen LogP) is 4.28. The number of aromatic nitrogens is 7. The fourth-order valence-corrected chi connectivity index (χ4v) is 3.99. The highest BCUT2D eigenvalue weighted by molar-refractivity contribution is 5.81. The van der Waals surface area contributed by atoms with Crippen LogP contribution in [0.25, 0.3) is 33.9 Å². The predicted molar refractivity (Wildman–Crippen MR) is 128 cm³/mol. The van der Waals surface area contributed by atoms with Crippen molar-refractivity contribution in [2.45, 2.75) is 40.2 Å². The summed E-state index contributed by atoms with van der Waals surface area (Å²) in [4.78, 5) is 31.7. The summed E-state index contributed by atoms with van der Waals surface area (Å²) in [5.74, 6) is 1.27. The topological polar surface area (TPSA) is 83.4 Å². The van der Waals surface area contributed by atoms with E-state index >= 15 is 0 Å². The van der Waals surface area contributed by atoms with E-state index in [0.717, 1.165) is 29.2 Å². The fraction of sp³-hybridized carbons (Fsp3) is 0.240. The van der Waals surface area contributed by atoms with E-state index in [1.807, 2.05) is 48.1 Å². The molecule has 0 saturated carbocycles. The maximum Gasteiger partial charge on any atom is 0.267 e. The van der Waals surface area contributed by atoms with Crippen LogP contribution in [0.2, 0.25) is 0 Å². The molecule has 0 radical (unpaired) electrons. The molecule has 8 nitrogen and oxygen atoms in total. The number of aryl methyl sites for hydroxylation is 2. The van der Waals surface area contributed by atoms with E-state index in [2.05, 4.69) is 40.3 Å². The van der Waals surface area contributed by atoms with Gasteiger partial charge in [0.15, 0.2) is 5.82 Å². The van der Waals surface area contributed by atoms with E-state index in [4.69, 9.17) is 4.98 Å². The first-order valence-corrected chi connectivity index (χ1v) is 11.0. The molecule has 0 aliphatic rings. The van der Waals surface area contributed by atoms with Gasteiger partial charge in [0.2, 0.25) is 0 Å². The number of benzene rings is 1. The Hall–Kier alpha value is -4.07. The van der Waals surface area contributed by atoms with Crippen LogP contribution < -0.4 is 5.56 Å². The number of imidazole rings is 2. The molecule has 5 aromatic rings. The third kappa shape index (κ3) is 3.63. The van der Waals surface area contributed by atoms with Crippen molar-refractivity contribution in [2.75, 3.05) is 0 Å². The zero-order valence-electron chi connectivity index (χ0n) is 19.1. The molecular formula is C25H25N7O. The number of hydrogen-bond donors (Lipinski definition) is 0. The molecule has 33 heavy (non-hydrogen) atoms. The number of rotatable bonds is 5. The zero-order chi connectivity index (χ0) is 23.1. The summed E-state index contributed by atoms with van der Waals surface area (Å²) in [5.41, 5.74) is 4.11. The van der Waals surface area contributed by atoms with Crippen molar-refractivity contribution >= 4 is 10.9 Å². The Kier molecular flexibility index (Phi) is 5.12. The highest BCUT2D eigenvalue weighted by Gasteiger charge is 2.14. The molecular weight excluding hydrogens is 414 g/mol. The summed E-state index contributed by atoms with van der Waals surface area (Å²) < 4.78 is 5.49. The van der Waals surface area contributed by atoms with Crippen molar-refractivity contribution in [3.8, 4) is 23.0 Å². The molecule has 0 aliphatic heterocycles. The van der Waals surface area contributed by atoms with Crippen molar-refractivity contribution in [1.82, 2.24) is 33.6 Å². The van der Waals surface area contributed by atoms with E-state index in [1.54, 1.807) is 18.6 Å². The van der Waals surface area contributed by atoms with E-state index in [-0.39, 0.29) is 11.6 Å². The Morgan fingerprint density at radius 3 is 2.67 bits per heavy atom. The molecule has 0 amide bonds. The van der Waals surface area contributed by atoms with Gasteiger partial charge in [-0.3, -0.25) is 9.36 Å². The molecule has 0 spiro atoms. The van der Waals surface area contributed by atoms with E-state index in [9.17, 15) is 4.79 Å². The summed E-state index contributed by atoms with van der Waals surface area (Å²) in [6.45, 7) is 8.26. The van der Waals surface area contributed by atoms with Gasteiger partial charge in [-0.15, -0.1) is 0 Å². The molecule has 0 bridgehead atoms. The minimum atomic E-state index is -0.172. The van der Waals surface area contributed by atoms with E-state index in [0.29, 0.717) is 22.4 Å². The molecule has 0 fully saturated rings. The van der Waals surface area contributed by atoms with Crippen molar-refractivity contribution in [2.24, 2.45) is 0 Å². The third-order valence-corrected chi connectivity index (χ3v) is 5.79. The van der Waals surface area contributed by atoms with E-state index in [1.165, 1.54) is 10.9 Å². The summed E-state index contributed by atoms with van der Waals surface area (Å²) in [6.07, 6.45) is 9.86. The molecule has 1 aromatic carbocycles. The number of nitrogens with zero attached hydrogens (tertiary/aromatic N) is 7. The average molecular weight is 440 g/mol. The second-order valence-corrected chi connectivity index (χ2v) is 8.33. The molecule has 0 saturated heterocycles. The van der Waals surface area contributed by atoms with Crippen LogP contribution in [-0.4, -0.2) is 33.6 Å². The molecule has 8 heteroatoms. The lowest BCUT2D eigenvalue weighted by Gasteiger charge is -2.13. The van der Waals surface area contributed by atoms with Gasteiger partial charge in [0, 0.05) is 24.6 Å². The number of fused-ring (bicyclic) bond motifs is 1. The Morgan fingerprint density at radius 2 is 1.91 bits per heavy atom. The van der Waals surface area contributed by atoms with Gasteiger partial charge >= 0.3 is 0 Å². The van der Waals surface area contributed by atoms with Crippen molar-refractivity contribution in [1.29, 1.82) is 0 Å². The monoisotopic (exact) mass is 439 g/mol. The second-order valence-electron chi connectivity index (χ2n) is 8.33. The first-order valence-electron chi connectivity index (χ1n) is 11.0. The van der Waals surface area contributed by atoms with E-state index < -0.39 is 0 Å². The third-order valence-electron chi connectivity index (χ3n) is 5.79. The van der Waals surface area contributed by atoms with Crippen LogP contribution in [0, 0.1) is 6.92 Å². The van der Waals surface area contributed by atoms with Gasteiger partial charge in [-0.2, -0.15) is 0 Å². The van der Waals surface area contributed by atoms with Crippen molar-refractivity contribution < 1.29 is 0 Å². The second kappa shape index (κ2) is 8.12. The van der Waals surface area contributed by atoms with Gasteiger partial charge in [-0.1, -0.05) is 13.0 Å². The first-order chi connectivity index (χ1) is 16.0. The van der Waals surface area contributed by atoms with Crippen LogP contribution in [0.15, 0.2) is 66.4 Å². The standard InChI is InChI=1S/C25H25N7O/c1-5-18-13-30(14-27-18)22-12-19-21(11-17(22)4)28-15-32(25(19)33)23-8-6-7-20(29-23)24-26-9-10-31(24)16(2)3/h6-16H,5H2,1-4H3. The van der Waals surface area contributed by atoms with Crippen LogP contribution >= 0.6 is 0 Å². The molecule has 4 aromatic heterocycles. The molecule has 4 heterocycles. The van der Waals surface area contributed by atoms with Crippen LogP contribution in [0.3, 0.4) is 0 Å². The van der Waals surface area contributed by atoms with Crippen molar-refractivity contribution in [3.05, 3.63) is 83.2 Å². The molecule has 0 atom stereocenters. The van der Waals surface area contributed by atoms with Crippen molar-refractivity contribution in [3.63, 3.8) is 0 Å². The number of pyridine rings is 1. The van der Waals surface area contributed by atoms with Crippen LogP contribution in [0.1, 0.15) is 38.1 Å². The Morgan fingerprint density at radius 1 is 1.06 bits per heavy atom. The molecule has 166 valence electrons. The quantitative estimate of drug-likeness (QED) is 0.408. The SMILES string of the molecule is CCc1cn(-c2cc3c(=O)n(-c4cccc(-c5nccn5C(C)C)n4)cnc3cc2C)cn1. The molecule has 0 N–H and O–H groups in total. The molecule has 5 rings (SSSR count). The summed E-state index contributed by atoms with van der Waals surface area (Å²) in [7, 11) is 0. The van der Waals surface area contributed by atoms with Crippen LogP contribution in [0.4, 0.5) is 0 Å². The lowest BCUT2D eigenvalue weighted by Crippen LogP contribution is -2.20. The van der Waals surface area contributed by atoms with Gasteiger partial charge in [-0.05, 0) is 57.0 Å². The average Bonchev–Trinajstić information content (AvgIpc) is 3.49. The van der Waals surface area contributed by atoms with Gasteiger partial charge in [0.25, 0.3) is 5.56 Å². The lowest BCUT2D eigenvalue weighted by molar-refractivity contribution is 0.605.